The summed E-state index contributed by atoms with van der Waals surface area (Å²) in [6.45, 7) is 7.07. The topological polar surface area (TPSA) is 44.8 Å². The zero-order valence-corrected chi connectivity index (χ0v) is 15.1. The average molecular weight is 339 g/mol. The van der Waals surface area contributed by atoms with Gasteiger partial charge in [-0.2, -0.15) is 0 Å². The molecule has 1 aliphatic rings. The Balaban J connectivity index is 1.60. The van der Waals surface area contributed by atoms with Gasteiger partial charge in [-0.25, -0.2) is 4.79 Å². The van der Waals surface area contributed by atoms with Gasteiger partial charge in [-0.15, -0.1) is 0 Å². The Kier molecular flexibility index (Phi) is 5.12. The van der Waals surface area contributed by atoms with Crippen molar-refractivity contribution in [3.63, 3.8) is 0 Å². The number of carbonyl (C=O) groups is 1. The van der Waals surface area contributed by atoms with E-state index in [0.717, 1.165) is 41.3 Å². The fourth-order valence-corrected chi connectivity index (χ4v) is 3.04. The number of piperazine rings is 1. The maximum absolute atomic E-state index is 12.6. The minimum Gasteiger partial charge on any atom is -0.497 e. The molecule has 132 valence electrons. The van der Waals surface area contributed by atoms with E-state index in [1.165, 1.54) is 0 Å². The fraction of sp³-hybridized carbons (Fsp3) is 0.350. The molecule has 2 aromatic rings. The van der Waals surface area contributed by atoms with Gasteiger partial charge >= 0.3 is 6.03 Å². The van der Waals surface area contributed by atoms with E-state index in [-0.39, 0.29) is 6.03 Å². The van der Waals surface area contributed by atoms with Crippen molar-refractivity contribution in [1.82, 2.24) is 4.90 Å². The van der Waals surface area contributed by atoms with E-state index in [9.17, 15) is 4.79 Å². The van der Waals surface area contributed by atoms with Crippen molar-refractivity contribution >= 4 is 17.4 Å². The molecule has 2 aromatic carbocycles. The molecule has 1 aliphatic heterocycles. The number of nitrogens with zero attached hydrogens (tertiary/aromatic N) is 2. The molecular weight excluding hydrogens is 314 g/mol. The Morgan fingerprint density at radius 3 is 2.52 bits per heavy atom. The smallest absolute Gasteiger partial charge is 0.321 e. The van der Waals surface area contributed by atoms with Crippen LogP contribution in [0.4, 0.5) is 16.2 Å². The summed E-state index contributed by atoms with van der Waals surface area (Å²) >= 11 is 0. The number of nitrogens with one attached hydrogen (secondary N) is 1. The molecule has 0 radical (unpaired) electrons. The number of methoxy groups -OCH3 is 1. The van der Waals surface area contributed by atoms with Crippen molar-refractivity contribution < 1.29 is 9.53 Å². The molecule has 0 atom stereocenters. The van der Waals surface area contributed by atoms with Crippen molar-refractivity contribution in [3.05, 3.63) is 53.6 Å². The number of urea groups is 1. The normalized spacial score (nSPS) is 14.4. The first-order valence-corrected chi connectivity index (χ1v) is 8.59. The lowest BCUT2D eigenvalue weighted by Gasteiger charge is -2.36. The zero-order valence-electron chi connectivity index (χ0n) is 15.1. The molecule has 0 aromatic heterocycles. The van der Waals surface area contributed by atoms with Crippen LogP contribution < -0.4 is 15.0 Å². The van der Waals surface area contributed by atoms with Crippen LogP contribution in [0, 0.1) is 13.8 Å². The predicted octanol–water partition coefficient (Wildman–Crippen LogP) is 3.67. The molecule has 5 heteroatoms. The van der Waals surface area contributed by atoms with Crippen LogP contribution in [-0.4, -0.2) is 44.2 Å². The van der Waals surface area contributed by atoms with E-state index in [2.05, 4.69) is 22.3 Å². The molecular formula is C20H25N3O2. The monoisotopic (exact) mass is 339 g/mol. The third kappa shape index (κ3) is 4.05. The predicted molar refractivity (Wildman–Crippen MR) is 102 cm³/mol. The molecule has 3 rings (SSSR count). The largest absolute Gasteiger partial charge is 0.497 e. The number of hydrogen-bond donors (Lipinski definition) is 1. The highest BCUT2D eigenvalue weighted by Crippen LogP contribution is 2.22. The molecule has 5 nitrogen and oxygen atoms in total. The van der Waals surface area contributed by atoms with Crippen LogP contribution in [-0.2, 0) is 0 Å². The van der Waals surface area contributed by atoms with Crippen molar-refractivity contribution in [3.8, 4) is 5.75 Å². The molecule has 0 bridgehead atoms. The number of hydrogen-bond acceptors (Lipinski definition) is 3. The lowest BCUT2D eigenvalue weighted by atomic mass is 10.1. The van der Waals surface area contributed by atoms with Gasteiger partial charge in [0, 0.05) is 43.6 Å². The van der Waals surface area contributed by atoms with E-state index >= 15 is 0 Å². The average Bonchev–Trinajstić information content (AvgIpc) is 2.65. The van der Waals surface area contributed by atoms with Crippen LogP contribution in [0.3, 0.4) is 0 Å². The second-order valence-electron chi connectivity index (χ2n) is 6.42. The lowest BCUT2D eigenvalue weighted by Crippen LogP contribution is -2.50. The standard InChI is InChI=1S/C20H25N3O2/c1-15-7-8-16(2)19(13-15)21-20(24)23-11-9-22(10-12-23)17-5-4-6-18(14-17)25-3/h4-8,13-14H,9-12H2,1-3H3,(H,21,24). The van der Waals surface area contributed by atoms with Crippen LogP contribution in [0.15, 0.2) is 42.5 Å². The molecule has 1 saturated heterocycles. The lowest BCUT2D eigenvalue weighted by molar-refractivity contribution is 0.208. The number of benzene rings is 2. The van der Waals surface area contributed by atoms with Crippen molar-refractivity contribution in [2.45, 2.75) is 13.8 Å². The third-order valence-corrected chi connectivity index (χ3v) is 4.62. The van der Waals surface area contributed by atoms with Gasteiger partial charge in [-0.1, -0.05) is 18.2 Å². The second kappa shape index (κ2) is 7.47. The molecule has 2 amide bonds. The van der Waals surface area contributed by atoms with Crippen LogP contribution in [0.5, 0.6) is 5.75 Å². The zero-order chi connectivity index (χ0) is 17.8. The number of rotatable bonds is 3. The van der Waals surface area contributed by atoms with Crippen LogP contribution in [0.1, 0.15) is 11.1 Å². The van der Waals surface area contributed by atoms with Gasteiger partial charge in [0.05, 0.1) is 7.11 Å². The van der Waals surface area contributed by atoms with Gasteiger partial charge in [-0.05, 0) is 43.2 Å². The molecule has 0 unspecified atom stereocenters. The number of aryl methyl sites for hydroxylation is 2. The van der Waals surface area contributed by atoms with Crippen LogP contribution >= 0.6 is 0 Å². The van der Waals surface area contributed by atoms with Gasteiger partial charge in [0.25, 0.3) is 0 Å². The van der Waals surface area contributed by atoms with E-state index < -0.39 is 0 Å². The second-order valence-corrected chi connectivity index (χ2v) is 6.42. The first kappa shape index (κ1) is 17.1. The molecule has 0 spiro atoms. The first-order valence-electron chi connectivity index (χ1n) is 8.59. The Labute approximate surface area is 149 Å². The van der Waals surface area contributed by atoms with E-state index in [4.69, 9.17) is 4.74 Å². The van der Waals surface area contributed by atoms with Gasteiger partial charge in [0.1, 0.15) is 5.75 Å². The quantitative estimate of drug-likeness (QED) is 0.928. The minimum absolute atomic E-state index is 0.0287. The molecule has 1 fully saturated rings. The Hall–Kier alpha value is -2.69. The first-order chi connectivity index (χ1) is 12.1. The maximum atomic E-state index is 12.6. The van der Waals surface area contributed by atoms with Gasteiger partial charge < -0.3 is 19.9 Å². The Bertz CT molecular complexity index is 752. The van der Waals surface area contributed by atoms with Crippen LogP contribution in [0.2, 0.25) is 0 Å². The Morgan fingerprint density at radius 2 is 1.80 bits per heavy atom. The summed E-state index contributed by atoms with van der Waals surface area (Å²) in [7, 11) is 1.68. The molecule has 25 heavy (non-hydrogen) atoms. The summed E-state index contributed by atoms with van der Waals surface area (Å²) < 4.78 is 5.29. The van der Waals surface area contributed by atoms with E-state index in [0.29, 0.717) is 13.1 Å². The van der Waals surface area contributed by atoms with E-state index in [1.807, 2.05) is 49.1 Å². The summed E-state index contributed by atoms with van der Waals surface area (Å²) in [5.74, 6) is 0.854. The van der Waals surface area contributed by atoms with Crippen molar-refractivity contribution in [1.29, 1.82) is 0 Å². The van der Waals surface area contributed by atoms with Gasteiger partial charge in [0.2, 0.25) is 0 Å². The summed E-state index contributed by atoms with van der Waals surface area (Å²) in [5.41, 5.74) is 4.24. The molecule has 0 aliphatic carbocycles. The highest BCUT2D eigenvalue weighted by atomic mass is 16.5. The highest BCUT2D eigenvalue weighted by Gasteiger charge is 2.22. The third-order valence-electron chi connectivity index (χ3n) is 4.62. The summed E-state index contributed by atoms with van der Waals surface area (Å²) in [6.07, 6.45) is 0. The van der Waals surface area contributed by atoms with Crippen molar-refractivity contribution in [2.75, 3.05) is 43.5 Å². The number of ether oxygens (including phenoxy) is 1. The molecule has 0 saturated carbocycles. The SMILES string of the molecule is COc1cccc(N2CCN(C(=O)Nc3cc(C)ccc3C)CC2)c1. The summed E-state index contributed by atoms with van der Waals surface area (Å²) in [4.78, 5) is 16.7. The fourth-order valence-electron chi connectivity index (χ4n) is 3.04. The Morgan fingerprint density at radius 1 is 1.04 bits per heavy atom. The molecule has 1 N–H and O–H groups in total. The van der Waals surface area contributed by atoms with Crippen molar-refractivity contribution in [2.24, 2.45) is 0 Å². The number of carbonyl (C=O) groups excluding carboxylic acids is 1. The molecule has 1 heterocycles. The highest BCUT2D eigenvalue weighted by molar-refractivity contribution is 5.90. The maximum Gasteiger partial charge on any atom is 0.321 e. The minimum atomic E-state index is -0.0287. The van der Waals surface area contributed by atoms with Gasteiger partial charge in [0.15, 0.2) is 0 Å². The summed E-state index contributed by atoms with van der Waals surface area (Å²) in [6, 6.07) is 14.1. The number of amides is 2. The van der Waals surface area contributed by atoms with Gasteiger partial charge in [-0.3, -0.25) is 0 Å². The summed E-state index contributed by atoms with van der Waals surface area (Å²) in [5, 5.41) is 3.04. The van der Waals surface area contributed by atoms with E-state index in [1.54, 1.807) is 7.11 Å². The number of anilines is 2. The van der Waals surface area contributed by atoms with Crippen LogP contribution in [0.25, 0.3) is 0 Å².